The monoisotopic (exact) mass is 361 g/mol. The van der Waals surface area contributed by atoms with E-state index in [1.807, 2.05) is 0 Å². The number of carbonyl (C=O) groups is 1. The molecule has 0 fully saturated rings. The molecule has 0 aliphatic heterocycles. The fourth-order valence-corrected chi connectivity index (χ4v) is 4.52. The Hall–Kier alpha value is -1.36. The van der Waals surface area contributed by atoms with Crippen LogP contribution in [0.5, 0.6) is 0 Å². The molecule has 0 aliphatic carbocycles. The van der Waals surface area contributed by atoms with Gasteiger partial charge in [-0.25, -0.2) is 16.8 Å². The van der Waals surface area contributed by atoms with Crippen LogP contribution in [0.4, 0.5) is 26.3 Å². The number of rotatable bonds is 5. The molecule has 0 spiro atoms. The van der Waals surface area contributed by atoms with Gasteiger partial charge >= 0.3 is 11.0 Å². The van der Waals surface area contributed by atoms with Crippen LogP contribution in [0.2, 0.25) is 0 Å². The summed E-state index contributed by atoms with van der Waals surface area (Å²) in [6.07, 6.45) is -3.23. The Kier molecular flexibility index (Phi) is 5.42. The fraction of sp³-hybridized carbons (Fsp3) is 0.714. The van der Waals surface area contributed by atoms with Crippen LogP contribution in [0.1, 0.15) is 12.8 Å². The molecule has 0 aromatic rings. The van der Waals surface area contributed by atoms with Gasteiger partial charge in [-0.15, -0.1) is 0 Å². The second-order valence-electron chi connectivity index (χ2n) is 3.48. The number of hydrogen-bond acceptors (Lipinski definition) is 6. The lowest BCUT2D eigenvalue weighted by molar-refractivity contribution is -0.114. The minimum atomic E-state index is -6.75. The van der Waals surface area contributed by atoms with Crippen molar-refractivity contribution in [3.8, 4) is 6.07 Å². The first kappa shape index (κ1) is 19.6. The molecule has 14 heteroatoms. The van der Waals surface area contributed by atoms with Gasteiger partial charge in [-0.05, 0) is 6.42 Å². The summed E-state index contributed by atoms with van der Waals surface area (Å²) >= 11 is 0. The molecule has 0 unspecified atom stereocenters. The molecule has 0 bridgehead atoms. The van der Waals surface area contributed by atoms with E-state index in [0.29, 0.717) is 0 Å². The van der Waals surface area contributed by atoms with Crippen molar-refractivity contribution in [3.63, 3.8) is 0 Å². The lowest BCUT2D eigenvalue weighted by Gasteiger charge is -2.20. The van der Waals surface area contributed by atoms with Crippen molar-refractivity contribution in [2.45, 2.75) is 28.4 Å². The molecule has 0 aromatic carbocycles. The first-order valence-electron chi connectivity index (χ1n) is 4.62. The molecule has 0 atom stereocenters. The van der Waals surface area contributed by atoms with Crippen molar-refractivity contribution >= 4 is 25.5 Å². The second-order valence-corrected chi connectivity index (χ2v) is 8.03. The van der Waals surface area contributed by atoms with Gasteiger partial charge in [-0.2, -0.15) is 31.6 Å². The van der Waals surface area contributed by atoms with Gasteiger partial charge in [0.1, 0.15) is 6.07 Å². The van der Waals surface area contributed by atoms with Crippen LogP contribution in [-0.2, 0) is 24.5 Å². The van der Waals surface area contributed by atoms with Gasteiger partial charge in [0.15, 0.2) is 4.58 Å². The molecule has 122 valence electrons. The molecule has 6 nitrogen and oxygen atoms in total. The van der Waals surface area contributed by atoms with E-state index in [-0.39, 0.29) is 0 Å². The third-order valence-corrected chi connectivity index (χ3v) is 6.74. The molecular formula is C7H5F6NO5S2. The molecule has 0 saturated carbocycles. The maximum Gasteiger partial charge on any atom is 0.498 e. The minimum absolute atomic E-state index is 0.810. The van der Waals surface area contributed by atoms with Crippen molar-refractivity contribution in [3.05, 3.63) is 0 Å². The number of sulfone groups is 2. The van der Waals surface area contributed by atoms with Gasteiger partial charge in [-0.3, -0.25) is 4.79 Å². The van der Waals surface area contributed by atoms with Crippen molar-refractivity contribution in [2.24, 2.45) is 0 Å². The third-order valence-electron chi connectivity index (χ3n) is 2.07. The van der Waals surface area contributed by atoms with Crippen LogP contribution >= 0.6 is 0 Å². The number of halogens is 6. The smallest absolute Gasteiger partial charge is 0.283 e. The number of alkyl halides is 6. The molecule has 0 amide bonds. The van der Waals surface area contributed by atoms with E-state index in [1.165, 1.54) is 0 Å². The zero-order chi connectivity index (χ0) is 17.3. The van der Waals surface area contributed by atoms with Crippen LogP contribution in [0.3, 0.4) is 0 Å². The van der Waals surface area contributed by atoms with Gasteiger partial charge in [0, 0.05) is 6.42 Å². The van der Waals surface area contributed by atoms with E-state index >= 15 is 0 Å². The Morgan fingerprint density at radius 2 is 1.29 bits per heavy atom. The summed E-state index contributed by atoms with van der Waals surface area (Å²) < 4.78 is 113. The maximum absolute atomic E-state index is 12.2. The average molecular weight is 361 g/mol. The molecule has 0 aromatic heterocycles. The number of carbonyl (C=O) groups excluding carboxylic acids is 1. The summed E-state index contributed by atoms with van der Waals surface area (Å²) in [5.74, 6) is -1.56. The highest BCUT2D eigenvalue weighted by Gasteiger charge is 2.62. The van der Waals surface area contributed by atoms with Gasteiger partial charge < -0.3 is 0 Å². The van der Waals surface area contributed by atoms with Crippen LogP contribution < -0.4 is 0 Å². The van der Waals surface area contributed by atoms with Gasteiger partial charge in [-0.1, -0.05) is 0 Å². The van der Waals surface area contributed by atoms with E-state index < -0.39 is 53.9 Å². The maximum atomic E-state index is 12.2. The lowest BCUT2D eigenvalue weighted by Crippen LogP contribution is -2.45. The third kappa shape index (κ3) is 4.06. The van der Waals surface area contributed by atoms with Crippen LogP contribution in [-0.4, -0.2) is 38.2 Å². The van der Waals surface area contributed by atoms with Gasteiger partial charge in [0.25, 0.3) is 19.7 Å². The zero-order valence-electron chi connectivity index (χ0n) is 9.56. The van der Waals surface area contributed by atoms with Gasteiger partial charge in [0.05, 0.1) is 0 Å². The Bertz CT molecular complexity index is 609. The average Bonchev–Trinajstić information content (AvgIpc) is 2.25. The number of hydrogen-bond donors (Lipinski definition) is 0. The van der Waals surface area contributed by atoms with Crippen molar-refractivity contribution < 1.29 is 48.0 Å². The van der Waals surface area contributed by atoms with Crippen LogP contribution in [0.15, 0.2) is 0 Å². The van der Waals surface area contributed by atoms with Crippen molar-refractivity contribution in [1.29, 1.82) is 5.26 Å². The predicted octanol–water partition coefficient (Wildman–Crippen LogP) is 1.05. The van der Waals surface area contributed by atoms with Crippen molar-refractivity contribution in [2.75, 3.05) is 0 Å². The molecule has 0 N–H and O–H groups in total. The number of nitriles is 1. The molecule has 21 heavy (non-hydrogen) atoms. The second kappa shape index (κ2) is 5.79. The summed E-state index contributed by atoms with van der Waals surface area (Å²) in [4.78, 5) is 10.6. The van der Waals surface area contributed by atoms with E-state index in [0.717, 1.165) is 6.07 Å². The standard InChI is InChI=1S/C7H5F6NO5S2/c8-6(9,10)20(16,17)5(2-1-4(15)3-14)21(18,19)7(11,12)13/h5H,1-2H2. The number of Topliss-reactive ketones (excluding diaryl/α,β-unsaturated/α-hetero) is 1. The highest BCUT2D eigenvalue weighted by Crippen LogP contribution is 2.38. The fourth-order valence-electron chi connectivity index (χ4n) is 1.08. The van der Waals surface area contributed by atoms with Gasteiger partial charge in [0.2, 0.25) is 5.78 Å². The molecule has 0 aliphatic rings. The summed E-state index contributed by atoms with van der Waals surface area (Å²) in [5, 5.41) is 8.03. The van der Waals surface area contributed by atoms with E-state index in [4.69, 9.17) is 5.26 Å². The Morgan fingerprint density at radius 1 is 0.952 bits per heavy atom. The first-order valence-corrected chi connectivity index (χ1v) is 7.71. The normalized spacial score (nSPS) is 14.0. The Balaban J connectivity index is 5.98. The minimum Gasteiger partial charge on any atom is -0.283 e. The Morgan fingerprint density at radius 3 is 1.52 bits per heavy atom. The highest BCUT2D eigenvalue weighted by atomic mass is 32.3. The van der Waals surface area contributed by atoms with E-state index in [1.54, 1.807) is 0 Å². The van der Waals surface area contributed by atoms with Crippen LogP contribution in [0.25, 0.3) is 0 Å². The van der Waals surface area contributed by atoms with Crippen LogP contribution in [0, 0.1) is 11.3 Å². The largest absolute Gasteiger partial charge is 0.498 e. The Labute approximate surface area is 114 Å². The summed E-state index contributed by atoms with van der Waals surface area (Å²) in [6, 6.07) is 0.810. The molecule has 0 radical (unpaired) electrons. The topological polar surface area (TPSA) is 109 Å². The molecule has 0 saturated heterocycles. The molecular weight excluding hydrogens is 356 g/mol. The molecule has 0 heterocycles. The summed E-state index contributed by atoms with van der Waals surface area (Å²) in [5.41, 5.74) is -12.5. The van der Waals surface area contributed by atoms with E-state index in [9.17, 15) is 48.0 Å². The molecule has 0 rings (SSSR count). The first-order chi connectivity index (χ1) is 9.09. The SMILES string of the molecule is N#CC(=O)CCC(S(=O)(=O)C(F)(F)F)S(=O)(=O)C(F)(F)F. The number of nitrogens with zero attached hydrogens (tertiary/aromatic N) is 1. The summed E-state index contributed by atoms with van der Waals surface area (Å²) in [7, 11) is -13.5. The number of ketones is 1. The lowest BCUT2D eigenvalue weighted by atomic mass is 10.2. The highest BCUT2D eigenvalue weighted by molar-refractivity contribution is 8.09. The van der Waals surface area contributed by atoms with E-state index in [2.05, 4.69) is 0 Å². The zero-order valence-corrected chi connectivity index (χ0v) is 11.2. The summed E-state index contributed by atoms with van der Waals surface area (Å²) in [6.45, 7) is 0. The quantitative estimate of drug-likeness (QED) is 0.535. The predicted molar refractivity (Wildman–Crippen MR) is 53.6 cm³/mol. The van der Waals surface area contributed by atoms with Crippen molar-refractivity contribution in [1.82, 2.24) is 0 Å².